The molecule has 0 spiro atoms. The van der Waals surface area contributed by atoms with E-state index in [1.807, 2.05) is 0 Å². The van der Waals surface area contributed by atoms with Crippen molar-refractivity contribution in [1.29, 1.82) is 0 Å². The zero-order chi connectivity index (χ0) is 12.1. The first-order chi connectivity index (χ1) is 8.36. The van der Waals surface area contributed by atoms with Gasteiger partial charge >= 0.3 is 0 Å². The van der Waals surface area contributed by atoms with Crippen LogP contribution in [0.5, 0.6) is 0 Å². The molecule has 1 heteroatoms. The minimum absolute atomic E-state index is 0.615. The number of fused-ring (bicyclic) bond motifs is 1. The maximum absolute atomic E-state index is 3.91. The minimum atomic E-state index is 0.615. The highest BCUT2D eigenvalue weighted by molar-refractivity contribution is 5.34. The van der Waals surface area contributed by atoms with Gasteiger partial charge in [0.2, 0.25) is 0 Å². The van der Waals surface area contributed by atoms with Crippen molar-refractivity contribution < 1.29 is 0 Å². The largest absolute Gasteiger partial charge is 0.313 e. The van der Waals surface area contributed by atoms with Crippen LogP contribution in [0.2, 0.25) is 0 Å². The van der Waals surface area contributed by atoms with E-state index in [-0.39, 0.29) is 0 Å². The molecule has 1 aliphatic rings. The summed E-state index contributed by atoms with van der Waals surface area (Å²) in [5.74, 6) is 0.615. The molecule has 0 amide bonds. The van der Waals surface area contributed by atoms with Crippen LogP contribution >= 0.6 is 0 Å². The van der Waals surface area contributed by atoms with E-state index in [1.165, 1.54) is 30.4 Å². The van der Waals surface area contributed by atoms with Gasteiger partial charge in [0.25, 0.3) is 0 Å². The Labute approximate surface area is 105 Å². The Morgan fingerprint density at radius 3 is 3.00 bits per heavy atom. The quantitative estimate of drug-likeness (QED) is 0.760. The monoisotopic (exact) mass is 229 g/mol. The van der Waals surface area contributed by atoms with E-state index < -0.39 is 0 Å². The number of aryl methyl sites for hydroxylation is 1. The van der Waals surface area contributed by atoms with Gasteiger partial charge in [0, 0.05) is 12.0 Å². The van der Waals surface area contributed by atoms with E-state index in [2.05, 4.69) is 49.2 Å². The second-order valence-electron chi connectivity index (χ2n) is 4.93. The molecule has 1 aromatic rings. The van der Waals surface area contributed by atoms with Crippen molar-refractivity contribution in [2.45, 2.75) is 44.6 Å². The zero-order valence-electron chi connectivity index (χ0n) is 10.8. The lowest BCUT2D eigenvalue weighted by Gasteiger charge is -2.34. The normalized spacial score (nSPS) is 23.1. The van der Waals surface area contributed by atoms with E-state index in [0.29, 0.717) is 12.0 Å². The Kier molecular flexibility index (Phi) is 4.38. The van der Waals surface area contributed by atoms with Crippen LogP contribution in [0, 0.1) is 0 Å². The summed E-state index contributed by atoms with van der Waals surface area (Å²) < 4.78 is 0. The number of nitrogens with one attached hydrogen (secondary N) is 1. The molecule has 1 nitrogen and oxygen atoms in total. The standard InChI is InChI=1S/C16H23N/c1-3-7-15-14-9-6-5-8-13(14)10-11-16(15)17-12-4-2/h3,5-6,8-9,15-17H,1,4,7,10-12H2,2H3/t15-,16-/m0/s1. The van der Waals surface area contributed by atoms with Crippen LogP contribution in [-0.2, 0) is 6.42 Å². The lowest BCUT2D eigenvalue weighted by Crippen LogP contribution is -2.38. The number of rotatable bonds is 5. The van der Waals surface area contributed by atoms with Crippen LogP contribution in [0.1, 0.15) is 43.2 Å². The van der Waals surface area contributed by atoms with Crippen LogP contribution in [0.25, 0.3) is 0 Å². The molecule has 0 bridgehead atoms. The highest BCUT2D eigenvalue weighted by Gasteiger charge is 2.27. The molecule has 2 atom stereocenters. The first-order valence-corrected chi connectivity index (χ1v) is 6.79. The summed E-state index contributed by atoms with van der Waals surface area (Å²) in [7, 11) is 0. The van der Waals surface area contributed by atoms with Gasteiger partial charge in [0.15, 0.2) is 0 Å². The lowest BCUT2D eigenvalue weighted by atomic mass is 9.77. The molecule has 1 aromatic carbocycles. The SMILES string of the molecule is C=CC[C@H]1c2ccccc2CC[C@@H]1NCCC. The molecule has 1 aliphatic carbocycles. The molecule has 1 N–H and O–H groups in total. The van der Waals surface area contributed by atoms with E-state index in [4.69, 9.17) is 0 Å². The summed E-state index contributed by atoms with van der Waals surface area (Å²) >= 11 is 0. The molecular weight excluding hydrogens is 206 g/mol. The average Bonchev–Trinajstić information content (AvgIpc) is 2.38. The van der Waals surface area contributed by atoms with Gasteiger partial charge in [-0.05, 0) is 43.4 Å². The first kappa shape index (κ1) is 12.4. The Hall–Kier alpha value is -1.08. The first-order valence-electron chi connectivity index (χ1n) is 6.79. The van der Waals surface area contributed by atoms with Gasteiger partial charge < -0.3 is 5.32 Å². The molecule has 92 valence electrons. The van der Waals surface area contributed by atoms with Crippen molar-refractivity contribution in [2.24, 2.45) is 0 Å². The maximum Gasteiger partial charge on any atom is 0.0142 e. The maximum atomic E-state index is 3.91. The lowest BCUT2D eigenvalue weighted by molar-refractivity contribution is 0.388. The fraction of sp³-hybridized carbons (Fsp3) is 0.500. The highest BCUT2D eigenvalue weighted by Crippen LogP contribution is 2.34. The Morgan fingerprint density at radius 1 is 1.41 bits per heavy atom. The topological polar surface area (TPSA) is 12.0 Å². The van der Waals surface area contributed by atoms with Gasteiger partial charge in [-0.15, -0.1) is 6.58 Å². The fourth-order valence-corrected chi connectivity index (χ4v) is 2.90. The van der Waals surface area contributed by atoms with Gasteiger partial charge in [-0.3, -0.25) is 0 Å². The summed E-state index contributed by atoms with van der Waals surface area (Å²) in [6, 6.07) is 9.52. The van der Waals surface area contributed by atoms with Crippen LogP contribution in [0.3, 0.4) is 0 Å². The van der Waals surface area contributed by atoms with Gasteiger partial charge in [0.1, 0.15) is 0 Å². The Bertz CT molecular complexity index is 370. The van der Waals surface area contributed by atoms with Crippen LogP contribution in [-0.4, -0.2) is 12.6 Å². The predicted molar refractivity (Wildman–Crippen MR) is 74.4 cm³/mol. The summed E-state index contributed by atoms with van der Waals surface area (Å²) in [6.45, 7) is 7.27. The minimum Gasteiger partial charge on any atom is -0.313 e. The Balaban J connectivity index is 2.19. The van der Waals surface area contributed by atoms with Crippen molar-refractivity contribution in [1.82, 2.24) is 5.32 Å². The van der Waals surface area contributed by atoms with Crippen molar-refractivity contribution in [3.05, 3.63) is 48.0 Å². The molecule has 2 rings (SSSR count). The summed E-state index contributed by atoms with van der Waals surface area (Å²) in [4.78, 5) is 0. The zero-order valence-corrected chi connectivity index (χ0v) is 10.8. The van der Waals surface area contributed by atoms with Crippen LogP contribution in [0.4, 0.5) is 0 Å². The van der Waals surface area contributed by atoms with E-state index in [0.717, 1.165) is 13.0 Å². The Morgan fingerprint density at radius 2 is 2.24 bits per heavy atom. The van der Waals surface area contributed by atoms with Gasteiger partial charge in [-0.25, -0.2) is 0 Å². The molecule has 17 heavy (non-hydrogen) atoms. The van der Waals surface area contributed by atoms with E-state index in [9.17, 15) is 0 Å². The predicted octanol–water partition coefficient (Wildman–Crippen LogP) is 3.66. The molecular formula is C16H23N. The number of benzene rings is 1. The number of hydrogen-bond donors (Lipinski definition) is 1. The van der Waals surface area contributed by atoms with Crippen molar-refractivity contribution in [2.75, 3.05) is 6.54 Å². The van der Waals surface area contributed by atoms with Crippen LogP contribution < -0.4 is 5.32 Å². The van der Waals surface area contributed by atoms with Gasteiger partial charge in [-0.2, -0.15) is 0 Å². The van der Waals surface area contributed by atoms with E-state index in [1.54, 1.807) is 0 Å². The molecule has 0 saturated heterocycles. The highest BCUT2D eigenvalue weighted by atomic mass is 14.9. The van der Waals surface area contributed by atoms with Gasteiger partial charge in [0.05, 0.1) is 0 Å². The second-order valence-corrected chi connectivity index (χ2v) is 4.93. The summed E-state index contributed by atoms with van der Waals surface area (Å²) in [6.07, 6.45) is 6.82. The average molecular weight is 229 g/mol. The number of hydrogen-bond acceptors (Lipinski definition) is 1. The van der Waals surface area contributed by atoms with Crippen molar-refractivity contribution in [3.8, 4) is 0 Å². The summed E-state index contributed by atoms with van der Waals surface area (Å²) in [5, 5.41) is 3.70. The van der Waals surface area contributed by atoms with E-state index >= 15 is 0 Å². The molecule has 0 unspecified atom stereocenters. The smallest absolute Gasteiger partial charge is 0.0142 e. The second kappa shape index (κ2) is 6.02. The third-order valence-electron chi connectivity index (χ3n) is 3.74. The van der Waals surface area contributed by atoms with Crippen molar-refractivity contribution in [3.63, 3.8) is 0 Å². The fourth-order valence-electron chi connectivity index (χ4n) is 2.90. The van der Waals surface area contributed by atoms with Crippen LogP contribution in [0.15, 0.2) is 36.9 Å². The molecule has 0 saturated carbocycles. The molecule has 0 aliphatic heterocycles. The van der Waals surface area contributed by atoms with Crippen molar-refractivity contribution >= 4 is 0 Å². The number of allylic oxidation sites excluding steroid dienone is 1. The molecule has 0 radical (unpaired) electrons. The summed E-state index contributed by atoms with van der Waals surface area (Å²) in [5.41, 5.74) is 3.07. The molecule has 0 heterocycles. The third-order valence-corrected chi connectivity index (χ3v) is 3.74. The molecule has 0 fully saturated rings. The molecule has 0 aromatic heterocycles. The van der Waals surface area contributed by atoms with Gasteiger partial charge in [-0.1, -0.05) is 37.3 Å². The third kappa shape index (κ3) is 2.78.